The van der Waals surface area contributed by atoms with Gasteiger partial charge in [0.25, 0.3) is 5.91 Å². The van der Waals surface area contributed by atoms with Crippen molar-refractivity contribution in [1.29, 1.82) is 0 Å². The fourth-order valence-electron chi connectivity index (χ4n) is 2.39. The topological polar surface area (TPSA) is 104 Å². The molecule has 0 unspecified atom stereocenters. The molecular formula is C19H21Cl2N3O4S. The van der Waals surface area contributed by atoms with Crippen molar-refractivity contribution < 1.29 is 18.0 Å². The Morgan fingerprint density at radius 3 is 2.41 bits per heavy atom. The van der Waals surface area contributed by atoms with Crippen LogP contribution in [0.4, 0.5) is 0 Å². The number of hydrogen-bond donors (Lipinski definition) is 3. The molecule has 7 nitrogen and oxygen atoms in total. The van der Waals surface area contributed by atoms with Gasteiger partial charge in [-0.25, -0.2) is 13.1 Å². The van der Waals surface area contributed by atoms with Crippen molar-refractivity contribution >= 4 is 45.0 Å². The molecule has 29 heavy (non-hydrogen) atoms. The maximum Gasteiger partial charge on any atom is 0.253 e. The highest BCUT2D eigenvalue weighted by Gasteiger charge is 2.16. The maximum absolute atomic E-state index is 12.2. The fourth-order valence-corrected chi connectivity index (χ4v) is 4.21. The molecule has 2 amide bonds. The van der Waals surface area contributed by atoms with Crippen molar-refractivity contribution in [2.24, 2.45) is 0 Å². The summed E-state index contributed by atoms with van der Waals surface area (Å²) in [6.07, 6.45) is 0. The Bertz CT molecular complexity index is 1010. The molecule has 2 aromatic rings. The van der Waals surface area contributed by atoms with E-state index >= 15 is 0 Å². The third kappa shape index (κ3) is 7.01. The average molecular weight is 458 g/mol. The molecule has 3 N–H and O–H groups in total. The normalized spacial score (nSPS) is 11.3. The Labute approximate surface area is 179 Å². The van der Waals surface area contributed by atoms with Crippen LogP contribution >= 0.6 is 23.2 Å². The lowest BCUT2D eigenvalue weighted by atomic mass is 10.2. The second-order valence-electron chi connectivity index (χ2n) is 6.51. The fraction of sp³-hybridized carbons (Fsp3) is 0.263. The van der Waals surface area contributed by atoms with Crippen LogP contribution in [0.3, 0.4) is 0 Å². The predicted molar refractivity (Wildman–Crippen MR) is 113 cm³/mol. The first-order chi connectivity index (χ1) is 13.6. The minimum atomic E-state index is -3.62. The van der Waals surface area contributed by atoms with E-state index in [2.05, 4.69) is 15.4 Å². The predicted octanol–water partition coefficient (Wildman–Crippen LogP) is 2.73. The smallest absolute Gasteiger partial charge is 0.253 e. The molecule has 156 valence electrons. The van der Waals surface area contributed by atoms with E-state index in [0.29, 0.717) is 10.6 Å². The third-order valence-corrected chi connectivity index (χ3v) is 5.88. The second kappa shape index (κ2) is 10.1. The number of carbonyl (C=O) groups is 2. The lowest BCUT2D eigenvalue weighted by molar-refractivity contribution is -0.120. The molecule has 0 radical (unpaired) electrons. The van der Waals surface area contributed by atoms with E-state index in [1.54, 1.807) is 26.0 Å². The Hall–Kier alpha value is -2.13. The van der Waals surface area contributed by atoms with Crippen molar-refractivity contribution in [3.63, 3.8) is 0 Å². The van der Waals surface area contributed by atoms with Crippen LogP contribution in [-0.4, -0.2) is 32.8 Å². The minimum Gasteiger partial charge on any atom is -0.350 e. The molecule has 0 fully saturated rings. The maximum atomic E-state index is 12.2. The van der Waals surface area contributed by atoms with E-state index in [1.807, 2.05) is 0 Å². The SMILES string of the molecule is CC(C)NS(=O)(=O)c1cccc(CNC(=O)CNC(=O)c2ccc(Cl)cc2Cl)c1. The first-order valence-corrected chi connectivity index (χ1v) is 10.9. The van der Waals surface area contributed by atoms with Crippen LogP contribution in [0.15, 0.2) is 47.4 Å². The highest BCUT2D eigenvalue weighted by Crippen LogP contribution is 2.20. The third-order valence-electron chi connectivity index (χ3n) is 3.67. The zero-order chi connectivity index (χ0) is 21.6. The molecule has 0 saturated carbocycles. The number of amides is 2. The molecular weight excluding hydrogens is 437 g/mol. The minimum absolute atomic E-state index is 0.113. The monoisotopic (exact) mass is 457 g/mol. The molecule has 10 heteroatoms. The van der Waals surface area contributed by atoms with Gasteiger partial charge < -0.3 is 10.6 Å². The van der Waals surface area contributed by atoms with Crippen LogP contribution in [-0.2, 0) is 21.4 Å². The molecule has 0 aliphatic carbocycles. The quantitative estimate of drug-likeness (QED) is 0.566. The van der Waals surface area contributed by atoms with Gasteiger partial charge in [-0.3, -0.25) is 9.59 Å². The van der Waals surface area contributed by atoms with E-state index < -0.39 is 21.8 Å². The van der Waals surface area contributed by atoms with Gasteiger partial charge in [0.1, 0.15) is 0 Å². The van der Waals surface area contributed by atoms with Gasteiger partial charge in [0, 0.05) is 17.6 Å². The summed E-state index contributed by atoms with van der Waals surface area (Å²) in [6, 6.07) is 10.4. The molecule has 0 aliphatic rings. The van der Waals surface area contributed by atoms with Gasteiger partial charge in [0.05, 0.1) is 22.0 Å². The summed E-state index contributed by atoms with van der Waals surface area (Å²) in [5, 5.41) is 5.68. The molecule has 0 aliphatic heterocycles. The first kappa shape index (κ1) is 23.2. The Balaban J connectivity index is 1.91. The van der Waals surface area contributed by atoms with E-state index in [0.717, 1.165) is 0 Å². The molecule has 0 heterocycles. The number of benzene rings is 2. The molecule has 0 spiro atoms. The molecule has 0 bridgehead atoms. The molecule has 2 aromatic carbocycles. The lowest BCUT2D eigenvalue weighted by Crippen LogP contribution is -2.36. The second-order valence-corrected chi connectivity index (χ2v) is 9.06. The van der Waals surface area contributed by atoms with Gasteiger partial charge in [-0.2, -0.15) is 0 Å². The van der Waals surface area contributed by atoms with Crippen molar-refractivity contribution in [3.05, 3.63) is 63.6 Å². The summed E-state index contributed by atoms with van der Waals surface area (Å²) >= 11 is 11.8. The number of carbonyl (C=O) groups excluding carboxylic acids is 2. The van der Waals surface area contributed by atoms with Crippen molar-refractivity contribution in [2.45, 2.75) is 31.3 Å². The molecule has 0 atom stereocenters. The summed E-state index contributed by atoms with van der Waals surface area (Å²) < 4.78 is 27.0. The van der Waals surface area contributed by atoms with E-state index in [-0.39, 0.29) is 34.6 Å². The lowest BCUT2D eigenvalue weighted by Gasteiger charge is -2.11. The number of halogens is 2. The highest BCUT2D eigenvalue weighted by molar-refractivity contribution is 7.89. The zero-order valence-electron chi connectivity index (χ0n) is 15.8. The van der Waals surface area contributed by atoms with Crippen molar-refractivity contribution in [1.82, 2.24) is 15.4 Å². The van der Waals surface area contributed by atoms with Crippen LogP contribution in [0, 0.1) is 0 Å². The summed E-state index contributed by atoms with van der Waals surface area (Å²) in [5.74, 6) is -0.938. The van der Waals surface area contributed by atoms with Gasteiger partial charge in [0.2, 0.25) is 15.9 Å². The highest BCUT2D eigenvalue weighted by atomic mass is 35.5. The summed E-state index contributed by atoms with van der Waals surface area (Å²) in [4.78, 5) is 24.2. The number of nitrogens with one attached hydrogen (secondary N) is 3. The zero-order valence-corrected chi connectivity index (χ0v) is 18.2. The van der Waals surface area contributed by atoms with E-state index in [9.17, 15) is 18.0 Å². The largest absolute Gasteiger partial charge is 0.350 e. The van der Waals surface area contributed by atoms with E-state index in [1.165, 1.54) is 30.3 Å². The van der Waals surface area contributed by atoms with Crippen LogP contribution in [0.1, 0.15) is 29.8 Å². The van der Waals surface area contributed by atoms with Crippen molar-refractivity contribution in [3.8, 4) is 0 Å². The van der Waals surface area contributed by atoms with Gasteiger partial charge in [-0.05, 0) is 49.7 Å². The van der Waals surface area contributed by atoms with Gasteiger partial charge in [-0.15, -0.1) is 0 Å². The average Bonchev–Trinajstić information content (AvgIpc) is 2.63. The van der Waals surface area contributed by atoms with Crippen LogP contribution in [0.2, 0.25) is 10.0 Å². The number of hydrogen-bond acceptors (Lipinski definition) is 4. The Morgan fingerprint density at radius 2 is 1.76 bits per heavy atom. The molecule has 0 saturated heterocycles. The van der Waals surface area contributed by atoms with Crippen LogP contribution < -0.4 is 15.4 Å². The number of rotatable bonds is 8. The standard InChI is InChI=1S/C19H21Cl2N3O4S/c1-12(2)24-29(27,28)15-5-3-4-13(8-15)10-22-18(25)11-23-19(26)16-7-6-14(20)9-17(16)21/h3-9,12,24H,10-11H2,1-2H3,(H,22,25)(H,23,26). The summed E-state index contributed by atoms with van der Waals surface area (Å²) in [7, 11) is -3.62. The van der Waals surface area contributed by atoms with E-state index in [4.69, 9.17) is 23.2 Å². The molecule has 0 aromatic heterocycles. The molecule has 2 rings (SSSR count). The van der Waals surface area contributed by atoms with Gasteiger partial charge in [-0.1, -0.05) is 35.3 Å². The Kier molecular flexibility index (Phi) is 8.04. The first-order valence-electron chi connectivity index (χ1n) is 8.69. The summed E-state index contributed by atoms with van der Waals surface area (Å²) in [5.41, 5.74) is 0.816. The van der Waals surface area contributed by atoms with Crippen LogP contribution in [0.25, 0.3) is 0 Å². The Morgan fingerprint density at radius 1 is 1.03 bits per heavy atom. The van der Waals surface area contributed by atoms with Gasteiger partial charge >= 0.3 is 0 Å². The number of sulfonamides is 1. The van der Waals surface area contributed by atoms with Crippen molar-refractivity contribution in [2.75, 3.05) is 6.54 Å². The van der Waals surface area contributed by atoms with Gasteiger partial charge in [0.15, 0.2) is 0 Å². The summed E-state index contributed by atoms with van der Waals surface area (Å²) in [6.45, 7) is 3.31. The van der Waals surface area contributed by atoms with Crippen LogP contribution in [0.5, 0.6) is 0 Å².